The molecule has 2 N–H and O–H groups in total. The second-order valence-corrected chi connectivity index (χ2v) is 3.99. The number of hydrogen-bond acceptors (Lipinski definition) is 5. The molecule has 6 heteroatoms. The lowest BCUT2D eigenvalue weighted by molar-refractivity contribution is 0.0690. The Labute approximate surface area is 116 Å². The van der Waals surface area contributed by atoms with Crippen molar-refractivity contribution < 1.29 is 14.6 Å². The molecule has 2 aromatic rings. The maximum atomic E-state index is 10.8. The molecule has 6 nitrogen and oxygen atoms in total. The van der Waals surface area contributed by atoms with Crippen LogP contribution in [-0.2, 0) is 6.54 Å². The molecule has 0 aliphatic heterocycles. The van der Waals surface area contributed by atoms with E-state index in [1.807, 2.05) is 13.0 Å². The van der Waals surface area contributed by atoms with Crippen molar-refractivity contribution in [1.82, 2.24) is 9.97 Å². The average Bonchev–Trinajstić information content (AvgIpc) is 2.47. The van der Waals surface area contributed by atoms with Crippen LogP contribution in [0.2, 0.25) is 0 Å². The molecule has 0 amide bonds. The third kappa shape index (κ3) is 3.68. The number of nitrogens with one attached hydrogen (secondary N) is 1. The van der Waals surface area contributed by atoms with Crippen LogP contribution < -0.4 is 10.1 Å². The molecule has 0 aromatic carbocycles. The van der Waals surface area contributed by atoms with Crippen LogP contribution in [-0.4, -0.2) is 27.7 Å². The minimum absolute atomic E-state index is 0.0362. The fourth-order valence-electron chi connectivity index (χ4n) is 1.61. The number of carboxylic acid groups (broad SMARTS) is 1. The third-order valence-corrected chi connectivity index (χ3v) is 2.53. The topological polar surface area (TPSA) is 84.3 Å². The van der Waals surface area contributed by atoms with Crippen LogP contribution in [0.4, 0.5) is 5.69 Å². The van der Waals surface area contributed by atoms with Gasteiger partial charge in [0.05, 0.1) is 30.7 Å². The first-order valence-corrected chi connectivity index (χ1v) is 6.21. The van der Waals surface area contributed by atoms with Crippen molar-refractivity contribution >= 4 is 11.7 Å². The SMILES string of the molecule is CCOc1ccc(NCc2cccc(C(=O)O)n2)cn1. The molecule has 2 rings (SSSR count). The molecule has 104 valence electrons. The van der Waals surface area contributed by atoms with Gasteiger partial charge >= 0.3 is 5.97 Å². The van der Waals surface area contributed by atoms with Gasteiger partial charge in [0.2, 0.25) is 5.88 Å². The predicted octanol–water partition coefficient (Wildman–Crippen LogP) is 2.19. The van der Waals surface area contributed by atoms with Crippen molar-refractivity contribution in [3.8, 4) is 5.88 Å². The molecule has 0 spiro atoms. The maximum Gasteiger partial charge on any atom is 0.354 e. The van der Waals surface area contributed by atoms with Gasteiger partial charge in [0.25, 0.3) is 0 Å². The van der Waals surface area contributed by atoms with E-state index in [4.69, 9.17) is 9.84 Å². The Morgan fingerprint density at radius 1 is 1.35 bits per heavy atom. The van der Waals surface area contributed by atoms with Crippen molar-refractivity contribution in [2.24, 2.45) is 0 Å². The quantitative estimate of drug-likeness (QED) is 0.839. The van der Waals surface area contributed by atoms with E-state index in [2.05, 4.69) is 15.3 Å². The van der Waals surface area contributed by atoms with Crippen LogP contribution in [0.15, 0.2) is 36.5 Å². The normalized spacial score (nSPS) is 10.1. The molecule has 20 heavy (non-hydrogen) atoms. The highest BCUT2D eigenvalue weighted by Gasteiger charge is 2.05. The average molecular weight is 273 g/mol. The number of hydrogen-bond donors (Lipinski definition) is 2. The van der Waals surface area contributed by atoms with Gasteiger partial charge in [-0.2, -0.15) is 0 Å². The van der Waals surface area contributed by atoms with Crippen LogP contribution in [0.1, 0.15) is 23.1 Å². The molecule has 0 aliphatic rings. The summed E-state index contributed by atoms with van der Waals surface area (Å²) in [5, 5.41) is 12.0. The Kier molecular flexibility index (Phi) is 4.49. The van der Waals surface area contributed by atoms with Crippen LogP contribution in [0.25, 0.3) is 0 Å². The number of nitrogens with zero attached hydrogens (tertiary/aromatic N) is 2. The van der Waals surface area contributed by atoms with Crippen LogP contribution in [0.5, 0.6) is 5.88 Å². The number of carboxylic acids is 1. The first-order valence-electron chi connectivity index (χ1n) is 6.21. The Morgan fingerprint density at radius 2 is 2.20 bits per heavy atom. The number of carbonyl (C=O) groups is 1. The van der Waals surface area contributed by atoms with Gasteiger partial charge in [0.15, 0.2) is 0 Å². The van der Waals surface area contributed by atoms with Gasteiger partial charge in [-0.05, 0) is 25.1 Å². The standard InChI is InChI=1S/C14H15N3O3/c1-2-20-13-7-6-10(8-16-13)15-9-11-4-3-5-12(17-11)14(18)19/h3-8,15H,2,9H2,1H3,(H,18,19). The van der Waals surface area contributed by atoms with Gasteiger partial charge in [-0.15, -0.1) is 0 Å². The smallest absolute Gasteiger partial charge is 0.354 e. The Hall–Kier alpha value is -2.63. The number of anilines is 1. The molecular weight excluding hydrogens is 258 g/mol. The summed E-state index contributed by atoms with van der Waals surface area (Å²) in [5.74, 6) is -0.460. The van der Waals surface area contributed by atoms with E-state index in [0.29, 0.717) is 24.7 Å². The lowest BCUT2D eigenvalue weighted by Crippen LogP contribution is -2.06. The van der Waals surface area contributed by atoms with Crippen molar-refractivity contribution in [2.75, 3.05) is 11.9 Å². The molecule has 2 aromatic heterocycles. The molecule has 2 heterocycles. The van der Waals surface area contributed by atoms with Crippen molar-refractivity contribution in [3.05, 3.63) is 47.9 Å². The highest BCUT2D eigenvalue weighted by molar-refractivity contribution is 5.85. The Balaban J connectivity index is 1.97. The summed E-state index contributed by atoms with van der Waals surface area (Å²) in [5.41, 5.74) is 1.50. The maximum absolute atomic E-state index is 10.8. The summed E-state index contributed by atoms with van der Waals surface area (Å²) in [7, 11) is 0. The van der Waals surface area contributed by atoms with E-state index in [-0.39, 0.29) is 5.69 Å². The predicted molar refractivity (Wildman–Crippen MR) is 73.9 cm³/mol. The van der Waals surface area contributed by atoms with E-state index in [1.165, 1.54) is 6.07 Å². The van der Waals surface area contributed by atoms with Gasteiger partial charge in [-0.3, -0.25) is 0 Å². The minimum atomic E-state index is -1.03. The number of ether oxygens (including phenoxy) is 1. The van der Waals surface area contributed by atoms with E-state index < -0.39 is 5.97 Å². The zero-order valence-corrected chi connectivity index (χ0v) is 11.0. The third-order valence-electron chi connectivity index (χ3n) is 2.53. The summed E-state index contributed by atoms with van der Waals surface area (Å²) < 4.78 is 5.25. The first kappa shape index (κ1) is 13.8. The monoisotopic (exact) mass is 273 g/mol. The van der Waals surface area contributed by atoms with Crippen LogP contribution in [0.3, 0.4) is 0 Å². The van der Waals surface area contributed by atoms with Gasteiger partial charge < -0.3 is 15.2 Å². The number of aromatic carboxylic acids is 1. The summed E-state index contributed by atoms with van der Waals surface area (Å²) in [6.07, 6.45) is 1.66. The molecule has 0 saturated heterocycles. The number of aromatic nitrogens is 2. The van der Waals surface area contributed by atoms with Crippen LogP contribution in [0, 0.1) is 0 Å². The van der Waals surface area contributed by atoms with Gasteiger partial charge in [0.1, 0.15) is 5.69 Å². The minimum Gasteiger partial charge on any atom is -0.478 e. The fourth-order valence-corrected chi connectivity index (χ4v) is 1.61. The zero-order valence-electron chi connectivity index (χ0n) is 11.0. The molecule has 0 saturated carbocycles. The number of pyridine rings is 2. The fraction of sp³-hybridized carbons (Fsp3) is 0.214. The second-order valence-electron chi connectivity index (χ2n) is 3.99. The first-order chi connectivity index (χ1) is 9.69. The van der Waals surface area contributed by atoms with E-state index >= 15 is 0 Å². The summed E-state index contributed by atoms with van der Waals surface area (Å²) in [6.45, 7) is 2.90. The Morgan fingerprint density at radius 3 is 2.85 bits per heavy atom. The van der Waals surface area contributed by atoms with Crippen LogP contribution >= 0.6 is 0 Å². The van der Waals surface area contributed by atoms with Crippen molar-refractivity contribution in [1.29, 1.82) is 0 Å². The molecule has 0 unspecified atom stereocenters. The van der Waals surface area contributed by atoms with Gasteiger partial charge in [-0.25, -0.2) is 14.8 Å². The number of rotatable bonds is 6. The van der Waals surface area contributed by atoms with E-state index in [9.17, 15) is 4.79 Å². The van der Waals surface area contributed by atoms with Gasteiger partial charge in [0, 0.05) is 6.07 Å². The highest BCUT2D eigenvalue weighted by atomic mass is 16.5. The summed E-state index contributed by atoms with van der Waals surface area (Å²) in [6, 6.07) is 8.52. The summed E-state index contributed by atoms with van der Waals surface area (Å²) in [4.78, 5) is 19.0. The molecule has 0 radical (unpaired) electrons. The largest absolute Gasteiger partial charge is 0.478 e. The summed E-state index contributed by atoms with van der Waals surface area (Å²) >= 11 is 0. The zero-order chi connectivity index (χ0) is 14.4. The molecule has 0 aliphatic carbocycles. The molecule has 0 bridgehead atoms. The van der Waals surface area contributed by atoms with Crippen molar-refractivity contribution in [2.45, 2.75) is 13.5 Å². The van der Waals surface area contributed by atoms with E-state index in [0.717, 1.165) is 5.69 Å². The Bertz CT molecular complexity index is 584. The highest BCUT2D eigenvalue weighted by Crippen LogP contribution is 2.12. The van der Waals surface area contributed by atoms with E-state index in [1.54, 1.807) is 24.4 Å². The second kappa shape index (κ2) is 6.51. The lowest BCUT2D eigenvalue weighted by Gasteiger charge is -2.07. The molecule has 0 fully saturated rings. The molecular formula is C14H15N3O3. The van der Waals surface area contributed by atoms with Gasteiger partial charge in [-0.1, -0.05) is 6.07 Å². The van der Waals surface area contributed by atoms with Crippen molar-refractivity contribution in [3.63, 3.8) is 0 Å². The molecule has 0 atom stereocenters. The lowest BCUT2D eigenvalue weighted by atomic mass is 10.3.